The number of carboxylic acid groups (broad SMARTS) is 1. The molecule has 17 heavy (non-hydrogen) atoms. The second kappa shape index (κ2) is 5.64. The Labute approximate surface area is 101 Å². The van der Waals surface area contributed by atoms with Crippen LogP contribution in [0.15, 0.2) is 30.3 Å². The van der Waals surface area contributed by atoms with E-state index in [1.165, 1.54) is 19.3 Å². The number of hydrogen-bond acceptors (Lipinski definition) is 2. The number of carboxylic acids is 1. The molecule has 1 aliphatic rings. The summed E-state index contributed by atoms with van der Waals surface area (Å²) in [6.45, 7) is 1.09. The van der Waals surface area contributed by atoms with Gasteiger partial charge in [0.05, 0.1) is 5.56 Å². The van der Waals surface area contributed by atoms with Crippen LogP contribution in [0.3, 0.4) is 0 Å². The van der Waals surface area contributed by atoms with Gasteiger partial charge in [0.2, 0.25) is 0 Å². The molecular formula is C14H17NO2. The minimum Gasteiger partial charge on any atom is -0.478 e. The summed E-state index contributed by atoms with van der Waals surface area (Å²) in [5.74, 6) is -0.880. The molecule has 0 aromatic heterocycles. The minimum absolute atomic E-state index is 0.331. The summed E-state index contributed by atoms with van der Waals surface area (Å²) in [6.07, 6.45) is 7.94. The van der Waals surface area contributed by atoms with Crippen LogP contribution >= 0.6 is 0 Å². The number of aromatic carboxylic acids is 1. The molecule has 1 saturated heterocycles. The quantitative estimate of drug-likeness (QED) is 0.840. The Morgan fingerprint density at radius 1 is 1.29 bits per heavy atom. The maximum Gasteiger partial charge on any atom is 0.335 e. The predicted octanol–water partition coefficient (Wildman–Crippen LogP) is 2.54. The van der Waals surface area contributed by atoms with Crippen LogP contribution in [0, 0.1) is 0 Å². The van der Waals surface area contributed by atoms with Crippen molar-refractivity contribution in [2.24, 2.45) is 0 Å². The van der Waals surface area contributed by atoms with Crippen LogP contribution < -0.4 is 5.32 Å². The summed E-state index contributed by atoms with van der Waals surface area (Å²) in [4.78, 5) is 10.7. The smallest absolute Gasteiger partial charge is 0.335 e. The van der Waals surface area contributed by atoms with Crippen LogP contribution in [0.25, 0.3) is 6.08 Å². The zero-order valence-corrected chi connectivity index (χ0v) is 9.73. The summed E-state index contributed by atoms with van der Waals surface area (Å²) in [5.41, 5.74) is 1.38. The van der Waals surface area contributed by atoms with Crippen molar-refractivity contribution < 1.29 is 9.90 Å². The highest BCUT2D eigenvalue weighted by atomic mass is 16.4. The minimum atomic E-state index is -0.880. The summed E-state index contributed by atoms with van der Waals surface area (Å²) >= 11 is 0. The highest BCUT2D eigenvalue weighted by Crippen LogP contribution is 2.11. The van der Waals surface area contributed by atoms with E-state index in [9.17, 15) is 4.79 Å². The first kappa shape index (κ1) is 11.9. The van der Waals surface area contributed by atoms with Crippen molar-refractivity contribution in [3.8, 4) is 0 Å². The Kier molecular flexibility index (Phi) is 3.94. The van der Waals surface area contributed by atoms with E-state index in [4.69, 9.17) is 5.11 Å². The van der Waals surface area contributed by atoms with Crippen molar-refractivity contribution in [1.29, 1.82) is 0 Å². The molecule has 1 aliphatic heterocycles. The molecule has 1 unspecified atom stereocenters. The first-order valence-electron chi connectivity index (χ1n) is 6.00. The van der Waals surface area contributed by atoms with E-state index in [0.29, 0.717) is 11.6 Å². The van der Waals surface area contributed by atoms with Crippen molar-refractivity contribution in [1.82, 2.24) is 5.32 Å². The molecule has 0 spiro atoms. The molecule has 1 aromatic carbocycles. The van der Waals surface area contributed by atoms with Gasteiger partial charge in [-0.2, -0.15) is 0 Å². The van der Waals surface area contributed by atoms with Gasteiger partial charge in [-0.3, -0.25) is 0 Å². The fraction of sp³-hybridized carbons (Fsp3) is 0.357. The van der Waals surface area contributed by atoms with Gasteiger partial charge in [-0.25, -0.2) is 4.79 Å². The van der Waals surface area contributed by atoms with Gasteiger partial charge in [0.1, 0.15) is 0 Å². The second-order valence-electron chi connectivity index (χ2n) is 4.34. The molecule has 2 N–H and O–H groups in total. The van der Waals surface area contributed by atoms with E-state index in [-0.39, 0.29) is 0 Å². The maximum absolute atomic E-state index is 10.7. The summed E-state index contributed by atoms with van der Waals surface area (Å²) in [6, 6.07) is 7.40. The molecule has 0 saturated carbocycles. The molecule has 1 heterocycles. The lowest BCUT2D eigenvalue weighted by atomic mass is 10.0. The van der Waals surface area contributed by atoms with Gasteiger partial charge in [0.25, 0.3) is 0 Å². The zero-order chi connectivity index (χ0) is 12.1. The number of hydrogen-bond donors (Lipinski definition) is 2. The highest BCUT2D eigenvalue weighted by Gasteiger charge is 2.08. The predicted molar refractivity (Wildman–Crippen MR) is 68.1 cm³/mol. The Hall–Kier alpha value is -1.61. The Bertz CT molecular complexity index is 403. The number of benzene rings is 1. The van der Waals surface area contributed by atoms with Crippen molar-refractivity contribution in [3.05, 3.63) is 41.5 Å². The third kappa shape index (κ3) is 3.43. The summed E-state index contributed by atoms with van der Waals surface area (Å²) in [7, 11) is 0. The van der Waals surface area contributed by atoms with E-state index in [2.05, 4.69) is 17.5 Å². The fourth-order valence-electron chi connectivity index (χ4n) is 2.01. The summed E-state index contributed by atoms with van der Waals surface area (Å²) < 4.78 is 0. The monoisotopic (exact) mass is 231 g/mol. The number of piperidine rings is 1. The average molecular weight is 231 g/mol. The Morgan fingerprint density at radius 3 is 2.65 bits per heavy atom. The molecule has 2 rings (SSSR count). The van der Waals surface area contributed by atoms with Crippen LogP contribution in [0.4, 0.5) is 0 Å². The molecule has 90 valence electrons. The largest absolute Gasteiger partial charge is 0.478 e. The first-order chi connectivity index (χ1) is 8.25. The second-order valence-corrected chi connectivity index (χ2v) is 4.34. The van der Waals surface area contributed by atoms with Gasteiger partial charge >= 0.3 is 5.97 Å². The summed E-state index contributed by atoms with van der Waals surface area (Å²) in [5, 5.41) is 12.2. The SMILES string of the molecule is O=C(O)c1ccc(/C=C/C2CCCCN2)cc1. The van der Waals surface area contributed by atoms with E-state index in [1.807, 2.05) is 12.1 Å². The van der Waals surface area contributed by atoms with Gasteiger partial charge in [0.15, 0.2) is 0 Å². The molecule has 0 bridgehead atoms. The molecule has 3 heteroatoms. The molecule has 3 nitrogen and oxygen atoms in total. The van der Waals surface area contributed by atoms with E-state index < -0.39 is 5.97 Å². The van der Waals surface area contributed by atoms with E-state index >= 15 is 0 Å². The van der Waals surface area contributed by atoms with Crippen LogP contribution in [-0.4, -0.2) is 23.7 Å². The lowest BCUT2D eigenvalue weighted by Gasteiger charge is -2.19. The van der Waals surface area contributed by atoms with Crippen molar-refractivity contribution in [3.63, 3.8) is 0 Å². The number of rotatable bonds is 3. The van der Waals surface area contributed by atoms with Gasteiger partial charge < -0.3 is 10.4 Å². The highest BCUT2D eigenvalue weighted by molar-refractivity contribution is 5.87. The van der Waals surface area contributed by atoms with E-state index in [0.717, 1.165) is 12.1 Å². The lowest BCUT2D eigenvalue weighted by molar-refractivity contribution is 0.0697. The van der Waals surface area contributed by atoms with Gasteiger partial charge in [0, 0.05) is 6.04 Å². The van der Waals surface area contributed by atoms with Crippen molar-refractivity contribution in [2.45, 2.75) is 25.3 Å². The van der Waals surface area contributed by atoms with Crippen LogP contribution in [0.2, 0.25) is 0 Å². The molecule has 1 fully saturated rings. The number of nitrogens with one attached hydrogen (secondary N) is 1. The van der Waals surface area contributed by atoms with Gasteiger partial charge in [-0.1, -0.05) is 30.7 Å². The molecule has 0 amide bonds. The average Bonchev–Trinajstić information content (AvgIpc) is 2.38. The third-order valence-corrected chi connectivity index (χ3v) is 3.03. The standard InChI is InChI=1S/C14H17NO2/c16-14(17)12-7-4-11(5-8-12)6-9-13-3-1-2-10-15-13/h4-9,13,15H,1-3,10H2,(H,16,17)/b9-6+. The molecule has 1 aromatic rings. The van der Waals surface area contributed by atoms with Crippen LogP contribution in [-0.2, 0) is 0 Å². The van der Waals surface area contributed by atoms with Gasteiger partial charge in [-0.15, -0.1) is 0 Å². The molecule has 0 radical (unpaired) electrons. The van der Waals surface area contributed by atoms with Crippen molar-refractivity contribution >= 4 is 12.0 Å². The van der Waals surface area contributed by atoms with E-state index in [1.54, 1.807) is 12.1 Å². The Morgan fingerprint density at radius 2 is 2.06 bits per heavy atom. The molecular weight excluding hydrogens is 214 g/mol. The van der Waals surface area contributed by atoms with Crippen molar-refractivity contribution in [2.75, 3.05) is 6.54 Å². The lowest BCUT2D eigenvalue weighted by Crippen LogP contribution is -2.31. The normalized spacial score (nSPS) is 20.6. The Balaban J connectivity index is 1.98. The first-order valence-corrected chi connectivity index (χ1v) is 6.00. The van der Waals surface area contributed by atoms with Crippen LogP contribution in [0.1, 0.15) is 35.2 Å². The number of carbonyl (C=O) groups is 1. The topological polar surface area (TPSA) is 49.3 Å². The maximum atomic E-state index is 10.7. The van der Waals surface area contributed by atoms with Gasteiger partial charge in [-0.05, 0) is 37.1 Å². The fourth-order valence-corrected chi connectivity index (χ4v) is 2.01. The third-order valence-electron chi connectivity index (χ3n) is 3.03. The van der Waals surface area contributed by atoms with Crippen LogP contribution in [0.5, 0.6) is 0 Å². The zero-order valence-electron chi connectivity index (χ0n) is 9.73. The molecule has 1 atom stereocenters. The molecule has 0 aliphatic carbocycles.